The summed E-state index contributed by atoms with van der Waals surface area (Å²) in [5.74, 6) is -0.875. The molecular formula is C27H24BrO2P. The van der Waals surface area contributed by atoms with Gasteiger partial charge in [0.25, 0.3) is 0 Å². The summed E-state index contributed by atoms with van der Waals surface area (Å²) < 4.78 is 0. The Morgan fingerprint density at radius 2 is 1.03 bits per heavy atom. The van der Waals surface area contributed by atoms with Crippen molar-refractivity contribution in [2.45, 2.75) is 6.42 Å². The van der Waals surface area contributed by atoms with Gasteiger partial charge in [-0.05, 0) is 48.0 Å². The van der Waals surface area contributed by atoms with E-state index in [2.05, 4.69) is 107 Å². The normalized spacial score (nSPS) is 10.3. The smallest absolute Gasteiger partial charge is 0.335 e. The van der Waals surface area contributed by atoms with E-state index in [1.54, 1.807) is 12.1 Å². The topological polar surface area (TPSA) is 37.3 Å². The first-order valence-electron chi connectivity index (χ1n) is 10.0. The molecule has 0 saturated heterocycles. The van der Waals surface area contributed by atoms with Crippen LogP contribution in [0.15, 0.2) is 115 Å². The van der Waals surface area contributed by atoms with E-state index in [4.69, 9.17) is 5.11 Å². The highest BCUT2D eigenvalue weighted by Gasteiger charge is 2.14. The Kier molecular flexibility index (Phi) is 9.02. The molecule has 156 valence electrons. The van der Waals surface area contributed by atoms with Gasteiger partial charge >= 0.3 is 5.97 Å². The minimum absolute atomic E-state index is 0.341. The molecule has 4 aromatic carbocycles. The van der Waals surface area contributed by atoms with Gasteiger partial charge in [-0.1, -0.05) is 119 Å². The maximum Gasteiger partial charge on any atom is 0.335 e. The number of benzene rings is 4. The minimum Gasteiger partial charge on any atom is -0.478 e. The van der Waals surface area contributed by atoms with Crippen LogP contribution in [0.25, 0.3) is 0 Å². The summed E-state index contributed by atoms with van der Waals surface area (Å²) in [7, 11) is -0.446. The lowest BCUT2D eigenvalue weighted by molar-refractivity contribution is 0.0697. The van der Waals surface area contributed by atoms with Crippen molar-refractivity contribution in [3.05, 3.63) is 126 Å². The first kappa shape index (κ1) is 22.9. The number of carbonyl (C=O) groups is 1. The molecule has 4 rings (SSSR count). The molecule has 31 heavy (non-hydrogen) atoms. The maximum atomic E-state index is 10.5. The number of carboxylic acid groups (broad SMARTS) is 1. The number of carboxylic acids is 1. The molecule has 0 aliphatic rings. The lowest BCUT2D eigenvalue weighted by Crippen LogP contribution is -2.20. The van der Waals surface area contributed by atoms with Crippen LogP contribution in [-0.2, 0) is 6.42 Å². The van der Waals surface area contributed by atoms with Crippen LogP contribution >= 0.6 is 23.9 Å². The Morgan fingerprint density at radius 1 is 0.645 bits per heavy atom. The van der Waals surface area contributed by atoms with Crippen molar-refractivity contribution < 1.29 is 9.90 Å². The Balaban J connectivity index is 0.000000196. The fourth-order valence-electron chi connectivity index (χ4n) is 3.10. The zero-order valence-corrected chi connectivity index (χ0v) is 19.5. The Bertz CT molecular complexity index is 959. The van der Waals surface area contributed by atoms with E-state index in [-0.39, 0.29) is 0 Å². The molecule has 2 nitrogen and oxygen atoms in total. The van der Waals surface area contributed by atoms with E-state index in [1.165, 1.54) is 15.9 Å². The number of halogens is 1. The van der Waals surface area contributed by atoms with E-state index < -0.39 is 13.9 Å². The lowest BCUT2D eigenvalue weighted by atomic mass is 10.1. The molecule has 0 spiro atoms. The van der Waals surface area contributed by atoms with Crippen LogP contribution in [0.4, 0.5) is 0 Å². The van der Waals surface area contributed by atoms with Crippen molar-refractivity contribution in [3.8, 4) is 0 Å². The summed E-state index contributed by atoms with van der Waals surface area (Å²) in [6.45, 7) is 0. The van der Waals surface area contributed by atoms with Gasteiger partial charge in [0.1, 0.15) is 0 Å². The quantitative estimate of drug-likeness (QED) is 0.275. The number of aromatic carboxylic acids is 1. The van der Waals surface area contributed by atoms with Gasteiger partial charge in [-0.2, -0.15) is 0 Å². The zero-order valence-electron chi connectivity index (χ0n) is 17.1. The largest absolute Gasteiger partial charge is 0.478 e. The SMILES string of the molecule is O=C(O)c1ccc(CCBr)cc1.c1ccc(P(c2ccccc2)c2ccccc2)cc1. The summed E-state index contributed by atoms with van der Waals surface area (Å²) in [5.41, 5.74) is 1.49. The average molecular weight is 491 g/mol. The summed E-state index contributed by atoms with van der Waals surface area (Å²) in [6, 6.07) is 39.3. The molecule has 0 radical (unpaired) electrons. The van der Waals surface area contributed by atoms with E-state index in [1.807, 2.05) is 12.1 Å². The van der Waals surface area contributed by atoms with Gasteiger partial charge in [0.2, 0.25) is 0 Å². The molecule has 0 heterocycles. The maximum absolute atomic E-state index is 10.5. The first-order valence-corrected chi connectivity index (χ1v) is 12.5. The zero-order chi connectivity index (χ0) is 21.9. The molecular weight excluding hydrogens is 467 g/mol. The van der Waals surface area contributed by atoms with E-state index in [0.29, 0.717) is 5.56 Å². The van der Waals surface area contributed by atoms with Crippen molar-refractivity contribution in [1.82, 2.24) is 0 Å². The van der Waals surface area contributed by atoms with Crippen molar-refractivity contribution in [3.63, 3.8) is 0 Å². The Hall–Kier alpha value is -2.74. The fourth-order valence-corrected chi connectivity index (χ4v) is 5.86. The van der Waals surface area contributed by atoms with Crippen molar-refractivity contribution in [2.75, 3.05) is 5.33 Å². The number of hydrogen-bond acceptors (Lipinski definition) is 1. The second-order valence-electron chi connectivity index (χ2n) is 6.78. The standard InChI is InChI=1S/C18H15P.C9H9BrO2/c1-4-10-16(11-5-1)19(17-12-6-2-7-13-17)18-14-8-3-9-15-18;10-6-5-7-1-3-8(4-2-7)9(11)12/h1-15H;1-4H,5-6H2,(H,11,12). The van der Waals surface area contributed by atoms with Crippen LogP contribution in [0.5, 0.6) is 0 Å². The predicted molar refractivity (Wildman–Crippen MR) is 136 cm³/mol. The third kappa shape index (κ3) is 6.89. The van der Waals surface area contributed by atoms with Gasteiger partial charge in [0.15, 0.2) is 0 Å². The second kappa shape index (κ2) is 12.2. The summed E-state index contributed by atoms with van der Waals surface area (Å²) in [6.07, 6.45) is 0.930. The van der Waals surface area contributed by atoms with Gasteiger partial charge in [-0.25, -0.2) is 4.79 Å². The molecule has 0 aromatic heterocycles. The van der Waals surface area contributed by atoms with Crippen molar-refractivity contribution >= 4 is 45.7 Å². The minimum atomic E-state index is -0.875. The average Bonchev–Trinajstić information content (AvgIpc) is 2.82. The number of aryl methyl sites for hydroxylation is 1. The molecule has 0 atom stereocenters. The highest BCUT2D eigenvalue weighted by Crippen LogP contribution is 2.32. The third-order valence-electron chi connectivity index (χ3n) is 4.63. The molecule has 0 fully saturated rings. The molecule has 0 bridgehead atoms. The van der Waals surface area contributed by atoms with Crippen LogP contribution in [0.2, 0.25) is 0 Å². The molecule has 4 heteroatoms. The van der Waals surface area contributed by atoms with Gasteiger partial charge < -0.3 is 5.11 Å². The van der Waals surface area contributed by atoms with E-state index in [9.17, 15) is 4.79 Å². The predicted octanol–water partition coefficient (Wildman–Crippen LogP) is 5.77. The van der Waals surface area contributed by atoms with Gasteiger partial charge in [0, 0.05) is 5.33 Å². The molecule has 0 saturated carbocycles. The lowest BCUT2D eigenvalue weighted by Gasteiger charge is -2.18. The van der Waals surface area contributed by atoms with Gasteiger partial charge in [-0.15, -0.1) is 0 Å². The third-order valence-corrected chi connectivity index (χ3v) is 7.47. The van der Waals surface area contributed by atoms with Crippen molar-refractivity contribution in [2.24, 2.45) is 0 Å². The second-order valence-corrected chi connectivity index (χ2v) is 9.80. The summed E-state index contributed by atoms with van der Waals surface area (Å²) in [4.78, 5) is 10.5. The van der Waals surface area contributed by atoms with Crippen LogP contribution in [0.1, 0.15) is 15.9 Å². The Morgan fingerprint density at radius 3 is 1.35 bits per heavy atom. The number of hydrogen-bond donors (Lipinski definition) is 1. The highest BCUT2D eigenvalue weighted by atomic mass is 79.9. The molecule has 0 aliphatic heterocycles. The molecule has 1 N–H and O–H groups in total. The van der Waals surface area contributed by atoms with Gasteiger partial charge in [-0.3, -0.25) is 0 Å². The molecule has 0 unspecified atom stereocenters. The molecule has 4 aromatic rings. The van der Waals surface area contributed by atoms with E-state index in [0.717, 1.165) is 17.3 Å². The monoisotopic (exact) mass is 490 g/mol. The van der Waals surface area contributed by atoms with Crippen molar-refractivity contribution in [1.29, 1.82) is 0 Å². The Labute approximate surface area is 193 Å². The highest BCUT2D eigenvalue weighted by molar-refractivity contribution is 9.09. The number of rotatable bonds is 6. The fraction of sp³-hybridized carbons (Fsp3) is 0.0741. The first-order chi connectivity index (χ1) is 15.2. The summed E-state index contributed by atoms with van der Waals surface area (Å²) >= 11 is 3.32. The van der Waals surface area contributed by atoms with E-state index >= 15 is 0 Å². The summed E-state index contributed by atoms with van der Waals surface area (Å²) in [5, 5.41) is 13.7. The number of alkyl halides is 1. The molecule has 0 aliphatic carbocycles. The van der Waals surface area contributed by atoms with Gasteiger partial charge in [0.05, 0.1) is 5.56 Å². The van der Waals surface area contributed by atoms with Crippen LogP contribution in [0, 0.1) is 0 Å². The molecule has 0 amide bonds. The van der Waals surface area contributed by atoms with Crippen LogP contribution < -0.4 is 15.9 Å². The van der Waals surface area contributed by atoms with Crippen LogP contribution in [-0.4, -0.2) is 16.4 Å². The van der Waals surface area contributed by atoms with Crippen LogP contribution in [0.3, 0.4) is 0 Å².